The summed E-state index contributed by atoms with van der Waals surface area (Å²) in [4.78, 5) is 25.0. The average molecular weight is 364 g/mol. The van der Waals surface area contributed by atoms with Gasteiger partial charge in [-0.15, -0.1) is 11.3 Å². The van der Waals surface area contributed by atoms with E-state index >= 15 is 0 Å². The summed E-state index contributed by atoms with van der Waals surface area (Å²) < 4.78 is 0. The molecular weight excluding hydrogens is 348 g/mol. The number of carbonyl (C=O) groups excluding carboxylic acids is 2. The van der Waals surface area contributed by atoms with E-state index in [0.29, 0.717) is 16.8 Å². The largest absolute Gasteiger partial charge is 0.355 e. The number of hydrogen-bond acceptors (Lipinski definition) is 4. The average Bonchev–Trinajstić information content (AvgIpc) is 3.36. The van der Waals surface area contributed by atoms with Crippen molar-refractivity contribution in [1.82, 2.24) is 20.8 Å². The van der Waals surface area contributed by atoms with Crippen molar-refractivity contribution in [2.45, 2.75) is 0 Å². The minimum absolute atomic E-state index is 0.155. The van der Waals surface area contributed by atoms with E-state index < -0.39 is 0 Å². The van der Waals surface area contributed by atoms with Crippen LogP contribution in [0.3, 0.4) is 0 Å². The fraction of sp³-hybridized carbons (Fsp3) is 0.105. The predicted octanol–water partition coefficient (Wildman–Crippen LogP) is 2.28. The molecule has 0 spiro atoms. The zero-order valence-electron chi connectivity index (χ0n) is 14.0. The van der Waals surface area contributed by atoms with Crippen molar-refractivity contribution in [2.75, 3.05) is 13.6 Å². The highest BCUT2D eigenvalue weighted by Gasteiger charge is 2.11. The maximum atomic E-state index is 12.1. The molecule has 3 aromatic rings. The number of aromatic amines is 1. The van der Waals surface area contributed by atoms with E-state index in [1.807, 2.05) is 23.6 Å². The lowest BCUT2D eigenvalue weighted by Gasteiger charge is -2.02. The smallest absolute Gasteiger partial charge is 0.272 e. The summed E-state index contributed by atoms with van der Waals surface area (Å²) in [7, 11) is 1.57. The van der Waals surface area contributed by atoms with Crippen LogP contribution >= 0.6 is 11.3 Å². The molecule has 0 saturated carbocycles. The highest BCUT2D eigenvalue weighted by atomic mass is 32.1. The third kappa shape index (κ3) is 3.99. The maximum absolute atomic E-state index is 12.1. The summed E-state index contributed by atoms with van der Waals surface area (Å²) in [6.07, 6.45) is 0. The van der Waals surface area contributed by atoms with Crippen molar-refractivity contribution < 1.29 is 9.59 Å². The summed E-state index contributed by atoms with van der Waals surface area (Å²) >= 11 is 1.57. The van der Waals surface area contributed by atoms with Crippen LogP contribution in [0.2, 0.25) is 0 Å². The van der Waals surface area contributed by atoms with Gasteiger partial charge in [-0.25, -0.2) is 0 Å². The van der Waals surface area contributed by atoms with E-state index in [-0.39, 0.29) is 18.4 Å². The topological polar surface area (TPSA) is 86.9 Å². The Bertz CT molecular complexity index is 980. The number of H-pyrrole nitrogens is 1. The lowest BCUT2D eigenvalue weighted by molar-refractivity contribution is 0.0948. The molecule has 0 saturated heterocycles. The van der Waals surface area contributed by atoms with Gasteiger partial charge in [-0.1, -0.05) is 30.0 Å². The molecule has 6 nitrogen and oxygen atoms in total. The van der Waals surface area contributed by atoms with Crippen molar-refractivity contribution >= 4 is 23.2 Å². The summed E-state index contributed by atoms with van der Waals surface area (Å²) in [5.74, 6) is 5.26. The van der Waals surface area contributed by atoms with Crippen LogP contribution in [0.25, 0.3) is 10.6 Å². The number of rotatable bonds is 4. The van der Waals surface area contributed by atoms with Gasteiger partial charge in [0.25, 0.3) is 11.8 Å². The molecule has 0 aliphatic heterocycles. The molecule has 0 fully saturated rings. The van der Waals surface area contributed by atoms with Crippen LogP contribution in [-0.2, 0) is 0 Å². The maximum Gasteiger partial charge on any atom is 0.272 e. The van der Waals surface area contributed by atoms with Crippen molar-refractivity contribution in [3.63, 3.8) is 0 Å². The first-order valence-corrected chi connectivity index (χ1v) is 8.74. The van der Waals surface area contributed by atoms with Gasteiger partial charge in [-0.05, 0) is 29.6 Å². The summed E-state index contributed by atoms with van der Waals surface area (Å²) in [6, 6.07) is 12.7. The van der Waals surface area contributed by atoms with Gasteiger partial charge in [0.15, 0.2) is 5.69 Å². The second-order valence-electron chi connectivity index (χ2n) is 5.25. The van der Waals surface area contributed by atoms with E-state index in [4.69, 9.17) is 0 Å². The Morgan fingerprint density at radius 2 is 2.04 bits per heavy atom. The predicted molar refractivity (Wildman–Crippen MR) is 101 cm³/mol. The van der Waals surface area contributed by atoms with Crippen LogP contribution in [0.5, 0.6) is 0 Å². The normalized spacial score (nSPS) is 9.88. The first kappa shape index (κ1) is 17.5. The molecule has 2 heterocycles. The summed E-state index contributed by atoms with van der Waals surface area (Å²) in [5.41, 5.74) is 2.22. The zero-order chi connectivity index (χ0) is 18.4. The molecule has 0 atom stereocenters. The Morgan fingerprint density at radius 3 is 2.81 bits per heavy atom. The van der Waals surface area contributed by atoms with Gasteiger partial charge < -0.3 is 10.6 Å². The summed E-state index contributed by atoms with van der Waals surface area (Å²) in [5, 5.41) is 14.1. The van der Waals surface area contributed by atoms with Crippen LogP contribution in [0.1, 0.15) is 26.4 Å². The van der Waals surface area contributed by atoms with E-state index in [0.717, 1.165) is 10.6 Å². The zero-order valence-corrected chi connectivity index (χ0v) is 14.8. The molecule has 0 radical (unpaired) electrons. The number of aromatic nitrogens is 2. The molecule has 0 unspecified atom stereocenters. The van der Waals surface area contributed by atoms with Crippen LogP contribution in [0.4, 0.5) is 0 Å². The van der Waals surface area contributed by atoms with Crippen molar-refractivity contribution in [1.29, 1.82) is 0 Å². The summed E-state index contributed by atoms with van der Waals surface area (Å²) in [6.45, 7) is 0.155. The van der Waals surface area contributed by atoms with E-state index in [9.17, 15) is 9.59 Å². The van der Waals surface area contributed by atoms with Crippen LogP contribution in [-0.4, -0.2) is 35.6 Å². The molecule has 1 aromatic carbocycles. The quantitative estimate of drug-likeness (QED) is 0.621. The van der Waals surface area contributed by atoms with Gasteiger partial charge in [0, 0.05) is 12.6 Å². The molecule has 3 N–H and O–H groups in total. The fourth-order valence-electron chi connectivity index (χ4n) is 2.28. The van der Waals surface area contributed by atoms with Gasteiger partial charge >= 0.3 is 0 Å². The second-order valence-corrected chi connectivity index (χ2v) is 6.20. The van der Waals surface area contributed by atoms with E-state index in [2.05, 4.69) is 32.7 Å². The molecule has 7 heteroatoms. The number of carbonyl (C=O) groups is 2. The molecule has 130 valence electrons. The van der Waals surface area contributed by atoms with Crippen molar-refractivity contribution in [3.8, 4) is 22.4 Å². The Kier molecular flexibility index (Phi) is 5.46. The molecule has 0 aliphatic rings. The SMILES string of the molecule is CNC(=O)c1ccccc1C#CCNC(=O)c1cc(-c2cccs2)[nH]n1. The Balaban J connectivity index is 1.62. The van der Waals surface area contributed by atoms with Crippen LogP contribution in [0, 0.1) is 11.8 Å². The van der Waals surface area contributed by atoms with Gasteiger partial charge in [-0.2, -0.15) is 5.10 Å². The fourth-order valence-corrected chi connectivity index (χ4v) is 2.97. The van der Waals surface area contributed by atoms with Crippen LogP contribution < -0.4 is 10.6 Å². The number of benzene rings is 1. The third-order valence-corrected chi connectivity index (χ3v) is 4.46. The van der Waals surface area contributed by atoms with Gasteiger partial charge in [0.05, 0.1) is 22.7 Å². The number of thiophene rings is 1. The first-order chi connectivity index (χ1) is 12.7. The molecular formula is C19H16N4O2S. The molecule has 3 rings (SSSR count). The van der Waals surface area contributed by atoms with E-state index in [1.54, 1.807) is 42.6 Å². The molecule has 2 aromatic heterocycles. The van der Waals surface area contributed by atoms with Crippen molar-refractivity contribution in [2.24, 2.45) is 0 Å². The van der Waals surface area contributed by atoms with Crippen molar-refractivity contribution in [3.05, 3.63) is 64.7 Å². The number of amides is 2. The highest BCUT2D eigenvalue weighted by Crippen LogP contribution is 2.22. The second kappa shape index (κ2) is 8.14. The molecule has 0 aliphatic carbocycles. The number of hydrogen-bond donors (Lipinski definition) is 3. The lowest BCUT2D eigenvalue weighted by atomic mass is 10.1. The van der Waals surface area contributed by atoms with Gasteiger partial charge in [0.1, 0.15) is 0 Å². The third-order valence-electron chi connectivity index (χ3n) is 3.56. The number of nitrogens with one attached hydrogen (secondary N) is 3. The Hall–Kier alpha value is -3.37. The molecule has 26 heavy (non-hydrogen) atoms. The van der Waals surface area contributed by atoms with Crippen LogP contribution in [0.15, 0.2) is 47.8 Å². The Labute approximate surface area is 154 Å². The highest BCUT2D eigenvalue weighted by molar-refractivity contribution is 7.13. The molecule has 2 amide bonds. The minimum Gasteiger partial charge on any atom is -0.355 e. The van der Waals surface area contributed by atoms with E-state index in [1.165, 1.54) is 0 Å². The lowest BCUT2D eigenvalue weighted by Crippen LogP contribution is -2.24. The Morgan fingerprint density at radius 1 is 1.19 bits per heavy atom. The number of nitrogens with zero attached hydrogens (tertiary/aromatic N) is 1. The first-order valence-electron chi connectivity index (χ1n) is 7.86. The van der Waals surface area contributed by atoms with Gasteiger partial charge in [0.2, 0.25) is 0 Å². The van der Waals surface area contributed by atoms with Gasteiger partial charge in [-0.3, -0.25) is 14.7 Å². The standard InChI is InChI=1S/C19H16N4O2S/c1-20-18(24)14-8-3-2-6-13(14)7-4-10-21-19(25)16-12-15(22-23-16)17-9-5-11-26-17/h2-3,5-6,8-9,11-12H,10H2,1H3,(H,20,24)(H,21,25)(H,22,23). The minimum atomic E-state index is -0.307. The molecule has 0 bridgehead atoms. The monoisotopic (exact) mass is 364 g/mol.